The smallest absolute Gasteiger partial charge is 0.320 e. The summed E-state index contributed by atoms with van der Waals surface area (Å²) in [4.78, 5) is 22.4. The summed E-state index contributed by atoms with van der Waals surface area (Å²) in [6.45, 7) is 1.78. The van der Waals surface area contributed by atoms with Gasteiger partial charge in [0.1, 0.15) is 5.92 Å². The number of rotatable bonds is 4. The molecular formula is C9H9O4S-. The van der Waals surface area contributed by atoms with Crippen LogP contribution in [0.5, 0.6) is 0 Å². The van der Waals surface area contributed by atoms with Gasteiger partial charge in [-0.15, -0.1) is 11.3 Å². The van der Waals surface area contributed by atoms with Crippen molar-refractivity contribution in [2.75, 3.05) is 6.61 Å². The highest BCUT2D eigenvalue weighted by atomic mass is 32.1. The average molecular weight is 213 g/mol. The number of hydrogen-bond acceptors (Lipinski definition) is 5. The van der Waals surface area contributed by atoms with Crippen molar-refractivity contribution in [3.8, 4) is 0 Å². The topological polar surface area (TPSA) is 66.4 Å². The fourth-order valence-electron chi connectivity index (χ4n) is 1.01. The lowest BCUT2D eigenvalue weighted by Gasteiger charge is -2.14. The molecule has 1 atom stereocenters. The second-order valence-corrected chi connectivity index (χ2v) is 3.50. The second-order valence-electron chi connectivity index (χ2n) is 2.52. The van der Waals surface area contributed by atoms with Gasteiger partial charge in [0, 0.05) is 4.88 Å². The predicted octanol–water partition coefficient (Wildman–Crippen LogP) is 0.145. The minimum absolute atomic E-state index is 0.161. The van der Waals surface area contributed by atoms with Crippen LogP contribution in [-0.4, -0.2) is 18.5 Å². The van der Waals surface area contributed by atoms with Crippen LogP contribution in [0.25, 0.3) is 0 Å². The highest BCUT2D eigenvalue weighted by Gasteiger charge is 2.23. The molecule has 1 aromatic heterocycles. The minimum atomic E-state index is -1.43. The number of carboxylic acid groups (broad SMARTS) is 1. The highest BCUT2D eigenvalue weighted by Crippen LogP contribution is 2.21. The molecular weight excluding hydrogens is 204 g/mol. The lowest BCUT2D eigenvalue weighted by molar-refractivity contribution is -0.307. The average Bonchev–Trinajstić information content (AvgIpc) is 2.57. The molecule has 0 radical (unpaired) electrons. The molecule has 1 unspecified atom stereocenters. The van der Waals surface area contributed by atoms with Gasteiger partial charge in [-0.1, -0.05) is 6.07 Å². The van der Waals surface area contributed by atoms with E-state index in [1.54, 1.807) is 24.4 Å². The minimum Gasteiger partial charge on any atom is -0.549 e. The molecule has 4 nitrogen and oxygen atoms in total. The first-order valence-electron chi connectivity index (χ1n) is 4.07. The first-order chi connectivity index (χ1) is 6.66. The maximum Gasteiger partial charge on any atom is 0.320 e. The maximum atomic E-state index is 11.2. The molecule has 1 aromatic rings. The number of aliphatic carboxylic acids is 1. The van der Waals surface area contributed by atoms with Crippen LogP contribution in [0.3, 0.4) is 0 Å². The molecule has 0 aromatic carbocycles. The molecule has 1 heterocycles. The third-order valence-electron chi connectivity index (χ3n) is 1.59. The Labute approximate surface area is 85.1 Å². The van der Waals surface area contributed by atoms with E-state index in [1.165, 1.54) is 11.3 Å². The van der Waals surface area contributed by atoms with Crippen LogP contribution >= 0.6 is 11.3 Å². The Morgan fingerprint density at radius 3 is 2.79 bits per heavy atom. The van der Waals surface area contributed by atoms with E-state index < -0.39 is 17.9 Å². The number of carbonyl (C=O) groups is 2. The molecule has 76 valence electrons. The van der Waals surface area contributed by atoms with Gasteiger partial charge in [0.25, 0.3) is 0 Å². The molecule has 0 aliphatic carbocycles. The molecule has 0 aliphatic rings. The molecule has 0 fully saturated rings. The zero-order valence-corrected chi connectivity index (χ0v) is 8.37. The molecule has 0 N–H and O–H groups in total. The zero-order valence-electron chi connectivity index (χ0n) is 7.56. The number of thiophene rings is 1. The van der Waals surface area contributed by atoms with Crippen LogP contribution in [0.2, 0.25) is 0 Å². The third kappa shape index (κ3) is 2.32. The molecule has 1 rings (SSSR count). The summed E-state index contributed by atoms with van der Waals surface area (Å²) < 4.78 is 4.64. The van der Waals surface area contributed by atoms with Crippen molar-refractivity contribution in [2.45, 2.75) is 12.8 Å². The van der Waals surface area contributed by atoms with Gasteiger partial charge in [-0.3, -0.25) is 4.79 Å². The van der Waals surface area contributed by atoms with E-state index >= 15 is 0 Å². The van der Waals surface area contributed by atoms with Crippen molar-refractivity contribution in [1.29, 1.82) is 0 Å². The van der Waals surface area contributed by atoms with Crippen LogP contribution in [0, 0.1) is 0 Å². The van der Waals surface area contributed by atoms with Crippen molar-refractivity contribution in [2.24, 2.45) is 0 Å². The van der Waals surface area contributed by atoms with Gasteiger partial charge in [-0.2, -0.15) is 0 Å². The van der Waals surface area contributed by atoms with Crippen molar-refractivity contribution < 1.29 is 19.4 Å². The SMILES string of the molecule is CCOC(=O)C(C(=O)[O-])c1cccs1. The second kappa shape index (κ2) is 4.76. The van der Waals surface area contributed by atoms with Gasteiger partial charge < -0.3 is 14.6 Å². The Balaban J connectivity index is 2.85. The maximum absolute atomic E-state index is 11.2. The summed E-state index contributed by atoms with van der Waals surface area (Å²) >= 11 is 1.19. The Hall–Kier alpha value is -1.36. The van der Waals surface area contributed by atoms with Crippen LogP contribution < -0.4 is 5.11 Å². The lowest BCUT2D eigenvalue weighted by Crippen LogP contribution is -2.35. The van der Waals surface area contributed by atoms with Crippen molar-refractivity contribution >= 4 is 23.3 Å². The number of carbonyl (C=O) groups excluding carboxylic acids is 2. The number of esters is 1. The largest absolute Gasteiger partial charge is 0.549 e. The van der Waals surface area contributed by atoms with Crippen LogP contribution in [-0.2, 0) is 14.3 Å². The first-order valence-corrected chi connectivity index (χ1v) is 4.95. The molecule has 0 aliphatic heterocycles. The summed E-state index contributed by atoms with van der Waals surface area (Å²) in [6.07, 6.45) is 0. The van der Waals surface area contributed by atoms with Gasteiger partial charge in [-0.05, 0) is 18.4 Å². The number of ether oxygens (including phenoxy) is 1. The van der Waals surface area contributed by atoms with Gasteiger partial charge in [-0.25, -0.2) is 0 Å². The van der Waals surface area contributed by atoms with E-state index in [4.69, 9.17) is 0 Å². The van der Waals surface area contributed by atoms with E-state index in [0.717, 1.165) is 0 Å². The zero-order chi connectivity index (χ0) is 10.6. The quantitative estimate of drug-likeness (QED) is 0.527. The van der Waals surface area contributed by atoms with Crippen molar-refractivity contribution in [3.05, 3.63) is 22.4 Å². The summed E-state index contributed by atoms with van der Waals surface area (Å²) in [5, 5.41) is 12.4. The number of hydrogen-bond donors (Lipinski definition) is 0. The van der Waals surface area contributed by atoms with Crippen molar-refractivity contribution in [3.63, 3.8) is 0 Å². The van der Waals surface area contributed by atoms with E-state index in [-0.39, 0.29) is 6.61 Å². The van der Waals surface area contributed by atoms with Crippen LogP contribution in [0.1, 0.15) is 17.7 Å². The molecule has 0 saturated heterocycles. The van der Waals surface area contributed by atoms with E-state index in [2.05, 4.69) is 4.74 Å². The molecule has 5 heteroatoms. The summed E-state index contributed by atoms with van der Waals surface area (Å²) in [6, 6.07) is 3.25. The summed E-state index contributed by atoms with van der Waals surface area (Å²) in [7, 11) is 0. The Bertz CT molecular complexity index is 318. The highest BCUT2D eigenvalue weighted by molar-refractivity contribution is 7.10. The Morgan fingerprint density at radius 2 is 2.36 bits per heavy atom. The monoisotopic (exact) mass is 213 g/mol. The molecule has 14 heavy (non-hydrogen) atoms. The Kier molecular flexibility index (Phi) is 3.64. The summed E-state index contributed by atoms with van der Waals surface area (Å²) in [5.41, 5.74) is 0. The number of carboxylic acids is 1. The van der Waals surface area contributed by atoms with Crippen molar-refractivity contribution in [1.82, 2.24) is 0 Å². The predicted molar refractivity (Wildman–Crippen MR) is 48.7 cm³/mol. The third-order valence-corrected chi connectivity index (χ3v) is 2.52. The first kappa shape index (κ1) is 10.7. The molecule has 0 bridgehead atoms. The van der Waals surface area contributed by atoms with E-state index in [9.17, 15) is 14.7 Å². The van der Waals surface area contributed by atoms with Crippen LogP contribution in [0.4, 0.5) is 0 Å². The standard InChI is InChI=1S/C9H10O4S/c1-2-13-9(12)7(8(10)11)6-4-3-5-14-6/h3-5,7H,2H2,1H3,(H,10,11)/p-1. The summed E-state index contributed by atoms with van der Waals surface area (Å²) in [5.74, 6) is -3.49. The van der Waals surface area contributed by atoms with Gasteiger partial charge >= 0.3 is 5.97 Å². The van der Waals surface area contributed by atoms with Gasteiger partial charge in [0.15, 0.2) is 0 Å². The fraction of sp³-hybridized carbons (Fsp3) is 0.333. The van der Waals surface area contributed by atoms with E-state index in [1.807, 2.05) is 0 Å². The molecule has 0 spiro atoms. The van der Waals surface area contributed by atoms with Gasteiger partial charge in [0.05, 0.1) is 12.6 Å². The Morgan fingerprint density at radius 1 is 1.64 bits per heavy atom. The van der Waals surface area contributed by atoms with Crippen LogP contribution in [0.15, 0.2) is 17.5 Å². The van der Waals surface area contributed by atoms with E-state index in [0.29, 0.717) is 4.88 Å². The fourth-order valence-corrected chi connectivity index (χ4v) is 1.81. The molecule has 0 saturated carbocycles. The molecule has 0 amide bonds. The lowest BCUT2D eigenvalue weighted by atomic mass is 10.1. The van der Waals surface area contributed by atoms with Gasteiger partial charge in [0.2, 0.25) is 0 Å². The normalized spacial score (nSPS) is 12.1.